The minimum absolute atomic E-state index is 0.0625. The normalized spacial score (nSPS) is 13.0. The molecule has 2 atom stereocenters. The van der Waals surface area contributed by atoms with E-state index >= 15 is 0 Å². The minimum atomic E-state index is -0.706. The summed E-state index contributed by atoms with van der Waals surface area (Å²) in [6.45, 7) is 11.2. The van der Waals surface area contributed by atoms with Crippen molar-refractivity contribution in [3.63, 3.8) is 0 Å². The maximum atomic E-state index is 10.0. The van der Waals surface area contributed by atoms with Gasteiger partial charge in [-0.2, -0.15) is 0 Å². The van der Waals surface area contributed by atoms with Crippen molar-refractivity contribution in [3.05, 3.63) is 0 Å². The van der Waals surface area contributed by atoms with Crippen LogP contribution in [0.2, 0.25) is 0 Å². The van der Waals surface area contributed by atoms with Crippen molar-refractivity contribution in [3.8, 4) is 0 Å². The van der Waals surface area contributed by atoms with Crippen molar-refractivity contribution in [2.24, 2.45) is 0 Å². The van der Waals surface area contributed by atoms with E-state index < -0.39 is 15.9 Å². The van der Waals surface area contributed by atoms with Gasteiger partial charge in [-0.1, -0.05) is 13.8 Å². The van der Waals surface area contributed by atoms with Gasteiger partial charge in [0, 0.05) is 12.2 Å². The van der Waals surface area contributed by atoms with Gasteiger partial charge in [-0.15, -0.1) is 0 Å². The molecule has 0 N–H and O–H groups in total. The molecule has 0 spiro atoms. The highest BCUT2D eigenvalue weighted by molar-refractivity contribution is 6.18. The van der Waals surface area contributed by atoms with E-state index in [1.54, 1.807) is 0 Å². The van der Waals surface area contributed by atoms with E-state index in [9.17, 15) is 9.59 Å². The topological polar surface area (TPSA) is 52.6 Å². The standard InChI is InChI=1S/C5H8O2.2C4H9O.Al.H/c1-4(6)3-5(2)7;2*1-3-4(2)5;;/h3H2,1-2H3;2*4H,3H2,1-2H3;;/q;2*-1;+2;. The molecule has 0 aliphatic rings. The lowest BCUT2D eigenvalue weighted by atomic mass is 10.2. The summed E-state index contributed by atoms with van der Waals surface area (Å²) in [6.07, 6.45) is 3.00. The molecule has 4 nitrogen and oxygen atoms in total. The third kappa shape index (κ3) is 18.2. The largest absolute Gasteiger partial charge is 0.650 e. The molecule has 0 rings (SSSR count). The number of carbonyl (C=O) groups is 2. The average Bonchev–Trinajstić information content (AvgIpc) is 2.27. The first kappa shape index (κ1) is 20.1. The molecule has 0 bridgehead atoms. The van der Waals surface area contributed by atoms with Crippen LogP contribution in [0.3, 0.4) is 0 Å². The molecule has 2 unspecified atom stereocenters. The Kier molecular flexibility index (Phi) is 14.8. The van der Waals surface area contributed by atoms with E-state index in [-0.39, 0.29) is 18.0 Å². The molecule has 0 heterocycles. The zero-order chi connectivity index (χ0) is 14.6. The highest BCUT2D eigenvalue weighted by Gasteiger charge is 2.05. The average molecular weight is 274 g/mol. The molecule has 0 amide bonds. The van der Waals surface area contributed by atoms with Gasteiger partial charge in [0.05, 0.1) is 6.42 Å². The highest BCUT2D eigenvalue weighted by Crippen LogP contribution is 1.98. The Balaban J connectivity index is 0. The van der Waals surface area contributed by atoms with Crippen molar-refractivity contribution < 1.29 is 17.2 Å². The molecular weight excluding hydrogens is 247 g/mol. The van der Waals surface area contributed by atoms with Gasteiger partial charge in [-0.25, -0.2) is 0 Å². The zero-order valence-electron chi connectivity index (χ0n) is 12.6. The predicted molar refractivity (Wildman–Crippen MR) is 74.8 cm³/mol. The summed E-state index contributed by atoms with van der Waals surface area (Å²) in [4.78, 5) is 20.1. The van der Waals surface area contributed by atoms with Crippen LogP contribution < -0.4 is 0 Å². The first-order chi connectivity index (χ1) is 8.33. The quantitative estimate of drug-likeness (QED) is 0.504. The molecule has 0 aromatic rings. The number of hydrogen-bond acceptors (Lipinski definition) is 4. The van der Waals surface area contributed by atoms with Gasteiger partial charge in [0.1, 0.15) is 11.6 Å². The summed E-state index contributed by atoms with van der Waals surface area (Å²) >= 11 is -0.706. The molecule has 5 heteroatoms. The van der Waals surface area contributed by atoms with Crippen LogP contribution in [0.4, 0.5) is 0 Å². The second-order valence-electron chi connectivity index (χ2n) is 4.47. The fourth-order valence-corrected chi connectivity index (χ4v) is 1.87. The lowest BCUT2D eigenvalue weighted by molar-refractivity contribution is -0.124. The second-order valence-corrected chi connectivity index (χ2v) is 5.37. The second kappa shape index (κ2) is 13.2. The predicted octanol–water partition coefficient (Wildman–Crippen LogP) is 2.44. The molecule has 0 aliphatic carbocycles. The number of Topliss-reactive ketones (excluding diaryl/α,β-unsaturated/α-hetero) is 2. The summed E-state index contributed by atoms with van der Waals surface area (Å²) < 4.78 is 11.0. The summed E-state index contributed by atoms with van der Waals surface area (Å²) in [5, 5.41) is 0. The van der Waals surface area contributed by atoms with Crippen LogP contribution in [0.5, 0.6) is 0 Å². The Morgan fingerprint density at radius 3 is 1.44 bits per heavy atom. The highest BCUT2D eigenvalue weighted by atomic mass is 27.2. The van der Waals surface area contributed by atoms with Gasteiger partial charge in [0.25, 0.3) is 0 Å². The van der Waals surface area contributed by atoms with Crippen LogP contribution in [-0.4, -0.2) is 39.7 Å². The Bertz CT molecular complexity index is 209. The fourth-order valence-electron chi connectivity index (χ4n) is 0.858. The molecule has 0 radical (unpaired) electrons. The van der Waals surface area contributed by atoms with Crippen molar-refractivity contribution in [1.82, 2.24) is 0 Å². The maximum Gasteiger partial charge on any atom is 0.650 e. The van der Waals surface area contributed by atoms with E-state index in [4.69, 9.17) is 7.58 Å². The Labute approximate surface area is 118 Å². The zero-order valence-corrected chi connectivity index (χ0v) is 14.0. The molecule has 0 aromatic carbocycles. The van der Waals surface area contributed by atoms with Gasteiger partial charge in [-0.3, -0.25) is 9.59 Å². The molecule has 18 heavy (non-hydrogen) atoms. The lowest BCUT2D eigenvalue weighted by Crippen LogP contribution is -2.17. The summed E-state index contributed by atoms with van der Waals surface area (Å²) in [5.41, 5.74) is 0. The fraction of sp³-hybridized carbons (Fsp3) is 0.846. The van der Waals surface area contributed by atoms with E-state index in [1.807, 2.05) is 0 Å². The number of ketones is 2. The smallest absolute Gasteiger partial charge is 0.479 e. The first-order valence-electron chi connectivity index (χ1n) is 6.55. The van der Waals surface area contributed by atoms with Crippen molar-refractivity contribution >= 4 is 27.5 Å². The van der Waals surface area contributed by atoms with Gasteiger partial charge in [0.2, 0.25) is 0 Å². The maximum absolute atomic E-state index is 10.0. The van der Waals surface area contributed by atoms with Crippen LogP contribution in [0.1, 0.15) is 60.8 Å². The SMILES string of the molecule is CC(=O)CC(C)=O.CCC(C)[O][AlH][O]C(C)CC. The molecule has 106 valence electrons. The van der Waals surface area contributed by atoms with Gasteiger partial charge < -0.3 is 7.58 Å². The van der Waals surface area contributed by atoms with Crippen LogP contribution in [-0.2, 0) is 17.2 Å². The van der Waals surface area contributed by atoms with Crippen molar-refractivity contribution in [1.29, 1.82) is 0 Å². The molecule has 0 aromatic heterocycles. The third-order valence-corrected chi connectivity index (χ3v) is 3.76. The minimum Gasteiger partial charge on any atom is -0.479 e. The van der Waals surface area contributed by atoms with E-state index in [1.165, 1.54) is 13.8 Å². The van der Waals surface area contributed by atoms with E-state index in [0.717, 1.165) is 12.8 Å². The summed E-state index contributed by atoms with van der Waals surface area (Å²) in [7, 11) is 0. The molecule has 0 saturated heterocycles. The Morgan fingerprint density at radius 1 is 0.944 bits per heavy atom. The summed E-state index contributed by atoms with van der Waals surface area (Å²) in [5.74, 6) is -0.125. The number of rotatable bonds is 8. The van der Waals surface area contributed by atoms with Gasteiger partial charge in [-0.05, 0) is 40.5 Å². The summed E-state index contributed by atoms with van der Waals surface area (Å²) in [6, 6.07) is 0. The van der Waals surface area contributed by atoms with E-state index in [0.29, 0.717) is 12.2 Å². The third-order valence-electron chi connectivity index (χ3n) is 2.35. The lowest BCUT2D eigenvalue weighted by Gasteiger charge is -2.13. The molecule has 0 saturated carbocycles. The van der Waals surface area contributed by atoms with Crippen molar-refractivity contribution in [2.75, 3.05) is 0 Å². The van der Waals surface area contributed by atoms with Crippen LogP contribution in [0, 0.1) is 0 Å². The first-order valence-corrected chi connectivity index (χ1v) is 7.70. The van der Waals surface area contributed by atoms with Crippen LogP contribution in [0.25, 0.3) is 0 Å². The molecule has 0 fully saturated rings. The Morgan fingerprint density at radius 2 is 1.28 bits per heavy atom. The monoisotopic (exact) mass is 274 g/mol. The molecular formula is C13H27AlO4. The number of hydrogen-bond donors (Lipinski definition) is 0. The van der Waals surface area contributed by atoms with Crippen molar-refractivity contribution in [2.45, 2.75) is 73.0 Å². The number of carbonyl (C=O) groups excluding carboxylic acids is 2. The van der Waals surface area contributed by atoms with Gasteiger partial charge >= 0.3 is 15.9 Å². The Hall–Kier alpha value is -0.208. The van der Waals surface area contributed by atoms with Crippen LogP contribution >= 0.6 is 0 Å². The van der Waals surface area contributed by atoms with Crippen LogP contribution in [0.15, 0.2) is 0 Å². The van der Waals surface area contributed by atoms with Gasteiger partial charge in [0.15, 0.2) is 0 Å². The molecule has 0 aliphatic heterocycles. The van der Waals surface area contributed by atoms with E-state index in [2.05, 4.69) is 27.7 Å².